The Hall–Kier alpha value is -0.220. The van der Waals surface area contributed by atoms with E-state index in [2.05, 4.69) is 6.92 Å². The Morgan fingerprint density at radius 2 is 2.25 bits per heavy atom. The second-order valence-corrected chi connectivity index (χ2v) is 3.87. The van der Waals surface area contributed by atoms with E-state index in [0.717, 1.165) is 18.7 Å². The number of nitrogens with two attached hydrogens (primary N) is 1. The maximum Gasteiger partial charge on any atom is 0.232 e. The van der Waals surface area contributed by atoms with Crippen LogP contribution in [0.4, 0.5) is 0 Å². The monoisotopic (exact) mass is 190 g/mol. The number of rotatable bonds is 6. The van der Waals surface area contributed by atoms with Crippen molar-refractivity contribution in [2.45, 2.75) is 13.3 Å². The van der Waals surface area contributed by atoms with Crippen LogP contribution in [-0.4, -0.2) is 42.4 Å². The summed E-state index contributed by atoms with van der Waals surface area (Å²) in [5.74, 6) is 1.80. The predicted octanol–water partition coefficient (Wildman–Crippen LogP) is 0.547. The molecule has 0 aromatic carbocycles. The smallest absolute Gasteiger partial charge is 0.232 e. The molecule has 0 saturated heterocycles. The average molecular weight is 190 g/mol. The first-order chi connectivity index (χ1) is 5.72. The highest BCUT2D eigenvalue weighted by Gasteiger charge is 2.06. The van der Waals surface area contributed by atoms with Crippen LogP contribution in [0.25, 0.3) is 0 Å². The van der Waals surface area contributed by atoms with E-state index < -0.39 is 0 Å². The van der Waals surface area contributed by atoms with E-state index in [1.54, 1.807) is 16.7 Å². The maximum absolute atomic E-state index is 11.3. The van der Waals surface area contributed by atoms with E-state index in [4.69, 9.17) is 5.73 Å². The Bertz CT molecular complexity index is 130. The number of carbonyl (C=O) groups is 1. The number of nitrogens with zero attached hydrogens (tertiary/aromatic N) is 1. The van der Waals surface area contributed by atoms with Gasteiger partial charge in [-0.2, -0.15) is 11.8 Å². The van der Waals surface area contributed by atoms with E-state index in [1.807, 2.05) is 7.05 Å². The molecule has 72 valence electrons. The minimum Gasteiger partial charge on any atom is -0.345 e. The molecule has 0 aromatic rings. The Labute approximate surface area is 78.7 Å². The fourth-order valence-corrected chi connectivity index (χ4v) is 1.35. The molecule has 0 rings (SSSR count). The van der Waals surface area contributed by atoms with Crippen LogP contribution >= 0.6 is 11.8 Å². The summed E-state index contributed by atoms with van der Waals surface area (Å²) in [5, 5.41) is 0. The third-order valence-electron chi connectivity index (χ3n) is 1.55. The molecule has 3 nitrogen and oxygen atoms in total. The fraction of sp³-hybridized carbons (Fsp3) is 0.875. The number of amides is 1. The lowest BCUT2D eigenvalue weighted by Gasteiger charge is -2.15. The first-order valence-corrected chi connectivity index (χ1v) is 5.39. The average Bonchev–Trinajstić information content (AvgIpc) is 2.10. The summed E-state index contributed by atoms with van der Waals surface area (Å²) in [6, 6.07) is 0. The van der Waals surface area contributed by atoms with Crippen molar-refractivity contribution in [2.24, 2.45) is 5.73 Å². The van der Waals surface area contributed by atoms with Gasteiger partial charge in [-0.15, -0.1) is 0 Å². The van der Waals surface area contributed by atoms with E-state index in [9.17, 15) is 4.79 Å². The van der Waals surface area contributed by atoms with Crippen LogP contribution in [0, 0.1) is 0 Å². The van der Waals surface area contributed by atoms with Crippen molar-refractivity contribution in [3.63, 3.8) is 0 Å². The second kappa shape index (κ2) is 7.43. The van der Waals surface area contributed by atoms with E-state index >= 15 is 0 Å². The summed E-state index contributed by atoms with van der Waals surface area (Å²) in [6.07, 6.45) is 0.888. The molecule has 4 heteroatoms. The number of hydrogen-bond donors (Lipinski definition) is 1. The van der Waals surface area contributed by atoms with Gasteiger partial charge < -0.3 is 10.6 Å². The molecule has 12 heavy (non-hydrogen) atoms. The van der Waals surface area contributed by atoms with Crippen molar-refractivity contribution in [1.82, 2.24) is 4.90 Å². The highest BCUT2D eigenvalue weighted by molar-refractivity contribution is 7.99. The molecule has 0 saturated carbocycles. The minimum absolute atomic E-state index is 0.204. The first kappa shape index (κ1) is 11.8. The van der Waals surface area contributed by atoms with Gasteiger partial charge in [-0.25, -0.2) is 0 Å². The number of hydrogen-bond acceptors (Lipinski definition) is 3. The lowest BCUT2D eigenvalue weighted by atomic mass is 10.4. The Kier molecular flexibility index (Phi) is 7.29. The number of carbonyl (C=O) groups excluding carboxylic acids is 1. The summed E-state index contributed by atoms with van der Waals surface area (Å²) in [7, 11) is 1.83. The molecule has 0 bridgehead atoms. The van der Waals surface area contributed by atoms with Crippen LogP contribution < -0.4 is 5.73 Å². The largest absolute Gasteiger partial charge is 0.345 e. The first-order valence-electron chi connectivity index (χ1n) is 4.24. The van der Waals surface area contributed by atoms with Gasteiger partial charge in [0, 0.05) is 13.6 Å². The fourth-order valence-electron chi connectivity index (χ4n) is 0.753. The minimum atomic E-state index is 0.204. The molecule has 0 aliphatic rings. The Balaban J connectivity index is 3.47. The van der Waals surface area contributed by atoms with E-state index in [1.165, 1.54) is 0 Å². The van der Waals surface area contributed by atoms with Crippen molar-refractivity contribution in [3.05, 3.63) is 0 Å². The van der Waals surface area contributed by atoms with Gasteiger partial charge in [0.2, 0.25) is 5.91 Å². The molecule has 0 aromatic heterocycles. The van der Waals surface area contributed by atoms with Crippen molar-refractivity contribution < 1.29 is 4.79 Å². The highest BCUT2D eigenvalue weighted by atomic mass is 32.2. The molecule has 2 N–H and O–H groups in total. The van der Waals surface area contributed by atoms with Crippen molar-refractivity contribution >= 4 is 17.7 Å². The summed E-state index contributed by atoms with van der Waals surface area (Å²) in [4.78, 5) is 13.0. The van der Waals surface area contributed by atoms with Gasteiger partial charge in [-0.3, -0.25) is 4.79 Å². The Morgan fingerprint density at radius 3 is 2.75 bits per heavy atom. The topological polar surface area (TPSA) is 46.3 Å². The van der Waals surface area contributed by atoms with Gasteiger partial charge in [0.1, 0.15) is 0 Å². The van der Waals surface area contributed by atoms with Gasteiger partial charge in [-0.1, -0.05) is 6.92 Å². The molecule has 0 aliphatic carbocycles. The quantitative estimate of drug-likeness (QED) is 0.665. The van der Waals surface area contributed by atoms with Gasteiger partial charge in [0.25, 0.3) is 0 Å². The standard InChI is InChI=1S/C8H18N2OS/c1-3-12-7-8(11)10(2)6-4-5-9/h3-7,9H2,1-2H3. The zero-order valence-electron chi connectivity index (χ0n) is 7.88. The van der Waals surface area contributed by atoms with Crippen LogP contribution in [0.3, 0.4) is 0 Å². The van der Waals surface area contributed by atoms with Gasteiger partial charge in [0.05, 0.1) is 5.75 Å². The van der Waals surface area contributed by atoms with Gasteiger partial charge in [-0.05, 0) is 18.7 Å². The molecule has 0 radical (unpaired) electrons. The third kappa shape index (κ3) is 5.43. The molecular formula is C8H18N2OS. The second-order valence-electron chi connectivity index (χ2n) is 2.59. The molecule has 0 fully saturated rings. The van der Waals surface area contributed by atoms with Crippen LogP contribution in [0.1, 0.15) is 13.3 Å². The van der Waals surface area contributed by atoms with Crippen LogP contribution in [0.2, 0.25) is 0 Å². The molecule has 0 aliphatic heterocycles. The Morgan fingerprint density at radius 1 is 1.58 bits per heavy atom. The van der Waals surface area contributed by atoms with Gasteiger partial charge in [0.15, 0.2) is 0 Å². The lowest BCUT2D eigenvalue weighted by molar-refractivity contribution is -0.127. The van der Waals surface area contributed by atoms with Gasteiger partial charge >= 0.3 is 0 Å². The van der Waals surface area contributed by atoms with Crippen LogP contribution in [0.15, 0.2) is 0 Å². The summed E-state index contributed by atoms with van der Waals surface area (Å²) < 4.78 is 0. The summed E-state index contributed by atoms with van der Waals surface area (Å²) >= 11 is 1.66. The van der Waals surface area contributed by atoms with Crippen LogP contribution in [0.5, 0.6) is 0 Å². The zero-order valence-corrected chi connectivity index (χ0v) is 8.69. The SMILES string of the molecule is CCSCC(=O)N(C)CCCN. The number of thioether (sulfide) groups is 1. The summed E-state index contributed by atoms with van der Waals surface area (Å²) in [6.45, 7) is 3.48. The molecule has 0 unspecified atom stereocenters. The lowest BCUT2D eigenvalue weighted by Crippen LogP contribution is -2.30. The van der Waals surface area contributed by atoms with E-state index in [0.29, 0.717) is 12.3 Å². The maximum atomic E-state index is 11.3. The molecule has 0 atom stereocenters. The van der Waals surface area contributed by atoms with Crippen molar-refractivity contribution in [1.29, 1.82) is 0 Å². The molecular weight excluding hydrogens is 172 g/mol. The van der Waals surface area contributed by atoms with Crippen molar-refractivity contribution in [3.8, 4) is 0 Å². The molecule has 0 spiro atoms. The van der Waals surface area contributed by atoms with Crippen molar-refractivity contribution in [2.75, 3.05) is 31.6 Å². The predicted molar refractivity (Wildman–Crippen MR) is 54.3 cm³/mol. The highest BCUT2D eigenvalue weighted by Crippen LogP contribution is 2.00. The zero-order chi connectivity index (χ0) is 9.40. The summed E-state index contributed by atoms with van der Waals surface area (Å²) in [5.41, 5.74) is 5.33. The molecule has 1 amide bonds. The molecule has 0 heterocycles. The van der Waals surface area contributed by atoms with E-state index in [-0.39, 0.29) is 5.91 Å². The normalized spacial score (nSPS) is 9.92. The van der Waals surface area contributed by atoms with Crippen LogP contribution in [-0.2, 0) is 4.79 Å². The third-order valence-corrected chi connectivity index (χ3v) is 2.41.